The fraction of sp³-hybridized carbons (Fsp3) is 0.647. The van der Waals surface area contributed by atoms with Gasteiger partial charge in [-0.05, 0) is 51.8 Å². The predicted molar refractivity (Wildman–Crippen MR) is 105 cm³/mol. The van der Waals surface area contributed by atoms with Crippen molar-refractivity contribution in [2.24, 2.45) is 5.14 Å². The molecule has 0 spiro atoms. The van der Waals surface area contributed by atoms with Gasteiger partial charge in [-0.2, -0.15) is 12.7 Å². The Hall–Kier alpha value is -1.33. The zero-order valence-corrected chi connectivity index (χ0v) is 17.2. The van der Waals surface area contributed by atoms with E-state index in [9.17, 15) is 8.42 Å². The van der Waals surface area contributed by atoms with Crippen LogP contribution in [0, 0.1) is 0 Å². The molecule has 1 aliphatic heterocycles. The van der Waals surface area contributed by atoms with E-state index in [4.69, 9.17) is 9.88 Å². The number of aromatic nitrogens is 2. The van der Waals surface area contributed by atoms with Gasteiger partial charge in [0.2, 0.25) is 5.88 Å². The average Bonchev–Trinajstić information content (AvgIpc) is 3.00. The van der Waals surface area contributed by atoms with Gasteiger partial charge in [0, 0.05) is 24.0 Å². The third kappa shape index (κ3) is 3.81. The predicted octanol–water partition coefficient (Wildman–Crippen LogP) is 1.50. The first kappa shape index (κ1) is 19.0. The quantitative estimate of drug-likeness (QED) is 0.818. The van der Waals surface area contributed by atoms with E-state index in [0.717, 1.165) is 46.3 Å². The van der Waals surface area contributed by atoms with Crippen molar-refractivity contribution in [1.29, 1.82) is 0 Å². The standard InChI is InChI=1S/C17H25N5O3S2/c1-21(2)11-3-5-12(6-4-11)25-16-15-13-9-22(27(18,23)24)8-7-14(13)26-17(15)20-10-19-16/h10-12H,3-9H2,1-2H3,(H2,18,23,24)/t11-,12-. The van der Waals surface area contributed by atoms with Crippen molar-refractivity contribution in [1.82, 2.24) is 19.2 Å². The Balaban J connectivity index is 1.60. The molecule has 0 radical (unpaired) electrons. The molecule has 2 aromatic heterocycles. The number of nitrogens with two attached hydrogens (primary N) is 1. The summed E-state index contributed by atoms with van der Waals surface area (Å²) in [4.78, 5) is 13.0. The summed E-state index contributed by atoms with van der Waals surface area (Å²) in [7, 11) is 0.522. The molecular weight excluding hydrogens is 386 g/mol. The molecular formula is C17H25N5O3S2. The van der Waals surface area contributed by atoms with Crippen molar-refractivity contribution in [3.05, 3.63) is 16.8 Å². The second-order valence-corrected chi connectivity index (χ2v) is 10.1. The van der Waals surface area contributed by atoms with Crippen LogP contribution < -0.4 is 9.88 Å². The molecule has 1 aliphatic carbocycles. The van der Waals surface area contributed by atoms with E-state index in [1.54, 1.807) is 11.3 Å². The van der Waals surface area contributed by atoms with Gasteiger partial charge >= 0.3 is 0 Å². The molecule has 3 heterocycles. The number of thiophene rings is 1. The molecule has 8 nitrogen and oxygen atoms in total. The molecule has 0 bridgehead atoms. The van der Waals surface area contributed by atoms with E-state index >= 15 is 0 Å². The normalized spacial score (nSPS) is 24.3. The van der Waals surface area contributed by atoms with Crippen molar-refractivity contribution in [2.45, 2.75) is 50.8 Å². The van der Waals surface area contributed by atoms with E-state index in [-0.39, 0.29) is 12.6 Å². The second kappa shape index (κ2) is 7.25. The number of ether oxygens (including phenoxy) is 1. The maximum atomic E-state index is 11.8. The summed E-state index contributed by atoms with van der Waals surface area (Å²) in [5.74, 6) is 0.571. The minimum Gasteiger partial charge on any atom is -0.474 e. The lowest BCUT2D eigenvalue weighted by atomic mass is 9.92. The van der Waals surface area contributed by atoms with Crippen molar-refractivity contribution < 1.29 is 13.2 Å². The summed E-state index contributed by atoms with van der Waals surface area (Å²) in [6.45, 7) is 0.655. The van der Waals surface area contributed by atoms with Crippen molar-refractivity contribution in [3.8, 4) is 5.88 Å². The van der Waals surface area contributed by atoms with E-state index in [1.807, 2.05) is 0 Å². The summed E-state index contributed by atoms with van der Waals surface area (Å²) in [5, 5.41) is 6.19. The lowest BCUT2D eigenvalue weighted by Crippen LogP contribution is -2.39. The van der Waals surface area contributed by atoms with Crippen LogP contribution >= 0.6 is 11.3 Å². The fourth-order valence-corrected chi connectivity index (χ4v) is 5.79. The molecule has 0 aromatic carbocycles. The molecule has 148 valence electrons. The summed E-state index contributed by atoms with van der Waals surface area (Å²) < 4.78 is 31.2. The Labute approximate surface area is 163 Å². The maximum Gasteiger partial charge on any atom is 0.277 e. The average molecular weight is 412 g/mol. The molecule has 1 fully saturated rings. The summed E-state index contributed by atoms with van der Waals surface area (Å²) in [6.07, 6.45) is 6.49. The summed E-state index contributed by atoms with van der Waals surface area (Å²) in [6, 6.07) is 0.604. The smallest absolute Gasteiger partial charge is 0.277 e. The first-order valence-electron chi connectivity index (χ1n) is 9.19. The molecule has 0 unspecified atom stereocenters. The van der Waals surface area contributed by atoms with Crippen LogP contribution in [0.4, 0.5) is 0 Å². The highest BCUT2D eigenvalue weighted by molar-refractivity contribution is 7.86. The molecule has 0 atom stereocenters. The highest BCUT2D eigenvalue weighted by atomic mass is 32.2. The van der Waals surface area contributed by atoms with Gasteiger partial charge in [0.05, 0.1) is 5.39 Å². The van der Waals surface area contributed by atoms with Crippen LogP contribution in [0.15, 0.2) is 6.33 Å². The van der Waals surface area contributed by atoms with Gasteiger partial charge in [0.25, 0.3) is 10.2 Å². The lowest BCUT2D eigenvalue weighted by Gasteiger charge is -2.32. The Morgan fingerprint density at radius 2 is 2.00 bits per heavy atom. The van der Waals surface area contributed by atoms with Crippen molar-refractivity contribution in [2.75, 3.05) is 20.6 Å². The molecule has 4 rings (SSSR count). The van der Waals surface area contributed by atoms with E-state index < -0.39 is 10.2 Å². The molecule has 2 aromatic rings. The highest BCUT2D eigenvalue weighted by Crippen LogP contribution is 2.39. The van der Waals surface area contributed by atoms with E-state index in [0.29, 0.717) is 24.9 Å². The van der Waals surface area contributed by atoms with Crippen molar-refractivity contribution in [3.63, 3.8) is 0 Å². The zero-order chi connectivity index (χ0) is 19.2. The first-order chi connectivity index (χ1) is 12.8. The van der Waals surface area contributed by atoms with Crippen LogP contribution in [0.3, 0.4) is 0 Å². The number of fused-ring (bicyclic) bond motifs is 3. The third-order valence-corrected chi connectivity index (χ3v) is 7.80. The molecule has 2 N–H and O–H groups in total. The first-order valence-corrected chi connectivity index (χ1v) is 11.5. The van der Waals surface area contributed by atoms with Crippen LogP contribution in [0.5, 0.6) is 5.88 Å². The SMILES string of the molecule is CN(C)[C@H]1CC[C@H](Oc2ncnc3sc4c(c23)CN(S(N)(=O)=O)CC4)CC1. The molecule has 10 heteroatoms. The second-order valence-electron chi connectivity index (χ2n) is 7.50. The lowest BCUT2D eigenvalue weighted by molar-refractivity contribution is 0.108. The largest absolute Gasteiger partial charge is 0.474 e. The minimum atomic E-state index is -3.72. The Kier molecular flexibility index (Phi) is 5.10. The van der Waals surface area contributed by atoms with Gasteiger partial charge in [-0.1, -0.05) is 0 Å². The topological polar surface area (TPSA) is 102 Å². The van der Waals surface area contributed by atoms with Gasteiger partial charge in [0.1, 0.15) is 17.3 Å². The Morgan fingerprint density at radius 3 is 2.67 bits per heavy atom. The molecule has 2 aliphatic rings. The zero-order valence-electron chi connectivity index (χ0n) is 15.6. The van der Waals surface area contributed by atoms with Crippen molar-refractivity contribution >= 4 is 31.8 Å². The van der Waals surface area contributed by atoms with Gasteiger partial charge in [-0.25, -0.2) is 15.1 Å². The number of hydrogen-bond donors (Lipinski definition) is 1. The van der Waals surface area contributed by atoms with Crippen LogP contribution in [-0.4, -0.2) is 60.4 Å². The van der Waals surface area contributed by atoms with E-state index in [2.05, 4.69) is 29.0 Å². The number of nitrogens with zero attached hydrogens (tertiary/aromatic N) is 4. The van der Waals surface area contributed by atoms with Crippen LogP contribution in [0.25, 0.3) is 10.2 Å². The Morgan fingerprint density at radius 1 is 1.26 bits per heavy atom. The van der Waals surface area contributed by atoms with Gasteiger partial charge in [-0.3, -0.25) is 0 Å². The van der Waals surface area contributed by atoms with Gasteiger partial charge in [0.15, 0.2) is 0 Å². The van der Waals surface area contributed by atoms with E-state index in [1.165, 1.54) is 10.6 Å². The monoisotopic (exact) mass is 411 g/mol. The summed E-state index contributed by atoms with van der Waals surface area (Å²) >= 11 is 1.59. The highest BCUT2D eigenvalue weighted by Gasteiger charge is 2.30. The number of rotatable bonds is 4. The number of hydrogen-bond acceptors (Lipinski definition) is 7. The van der Waals surface area contributed by atoms with Crippen LogP contribution in [0.1, 0.15) is 36.1 Å². The van der Waals surface area contributed by atoms with Gasteiger partial charge in [-0.15, -0.1) is 11.3 Å². The van der Waals surface area contributed by atoms with Gasteiger partial charge < -0.3 is 9.64 Å². The minimum absolute atomic E-state index is 0.132. The molecule has 1 saturated carbocycles. The van der Waals surface area contributed by atoms with Crippen LogP contribution in [0.2, 0.25) is 0 Å². The maximum absolute atomic E-state index is 11.8. The Bertz CT molecular complexity index is 935. The molecule has 0 amide bonds. The van der Waals surface area contributed by atoms with Crippen LogP contribution in [-0.2, 0) is 23.2 Å². The molecule has 27 heavy (non-hydrogen) atoms. The fourth-order valence-electron chi connectivity index (χ4n) is 4.00. The molecule has 0 saturated heterocycles. The summed E-state index contributed by atoms with van der Waals surface area (Å²) in [5.41, 5.74) is 0.938. The third-order valence-electron chi connectivity index (χ3n) is 5.57.